The van der Waals surface area contributed by atoms with Gasteiger partial charge in [-0.2, -0.15) is 0 Å². The van der Waals surface area contributed by atoms with Crippen molar-refractivity contribution in [1.82, 2.24) is 0 Å². The molecule has 0 bridgehead atoms. The summed E-state index contributed by atoms with van der Waals surface area (Å²) in [5.74, 6) is -0.0325. The molecule has 0 amide bonds. The number of rotatable bonds is 4. The van der Waals surface area contributed by atoms with E-state index in [0.29, 0.717) is 44.9 Å². The molecular formula is C42H58O10. The second-order valence-electron chi connectivity index (χ2n) is 18.9. The summed E-state index contributed by atoms with van der Waals surface area (Å²) < 4.78 is 0. The molecule has 0 heterocycles. The fourth-order valence-corrected chi connectivity index (χ4v) is 14.3. The lowest BCUT2D eigenvalue weighted by molar-refractivity contribution is -0.182. The van der Waals surface area contributed by atoms with Crippen LogP contribution in [0.1, 0.15) is 118 Å². The van der Waals surface area contributed by atoms with Crippen LogP contribution in [0.3, 0.4) is 0 Å². The molecular weight excluding hydrogens is 664 g/mol. The predicted molar refractivity (Wildman–Crippen MR) is 189 cm³/mol. The molecule has 0 aromatic rings. The number of carbonyl (C=O) groups is 5. The van der Waals surface area contributed by atoms with Gasteiger partial charge in [0.15, 0.2) is 23.1 Å². The van der Waals surface area contributed by atoms with Gasteiger partial charge in [-0.25, -0.2) is 0 Å². The van der Waals surface area contributed by atoms with Crippen molar-refractivity contribution >= 4 is 28.9 Å². The van der Waals surface area contributed by atoms with Gasteiger partial charge in [0.05, 0.1) is 6.10 Å². The molecule has 52 heavy (non-hydrogen) atoms. The Bertz CT molecular complexity index is 1650. The molecule has 286 valence electrons. The molecule has 8 aliphatic carbocycles. The van der Waals surface area contributed by atoms with Crippen LogP contribution in [0.4, 0.5) is 0 Å². The number of hydrogen-bond donors (Lipinski definition) is 5. The molecule has 8 aliphatic rings. The highest BCUT2D eigenvalue weighted by Crippen LogP contribution is 2.69. The van der Waals surface area contributed by atoms with Crippen LogP contribution >= 0.6 is 0 Å². The minimum atomic E-state index is -1.60. The summed E-state index contributed by atoms with van der Waals surface area (Å²) in [5, 5.41) is 52.2. The molecule has 0 spiro atoms. The topological polar surface area (TPSA) is 186 Å². The summed E-state index contributed by atoms with van der Waals surface area (Å²) in [4.78, 5) is 61.8. The number of allylic oxidation sites excluding steroid dienone is 2. The van der Waals surface area contributed by atoms with Gasteiger partial charge < -0.3 is 25.5 Å². The van der Waals surface area contributed by atoms with E-state index in [1.807, 2.05) is 13.8 Å². The first kappa shape index (κ1) is 37.9. The fourth-order valence-electron chi connectivity index (χ4n) is 14.3. The van der Waals surface area contributed by atoms with E-state index in [1.165, 1.54) is 5.57 Å². The zero-order valence-electron chi connectivity index (χ0n) is 31.3. The van der Waals surface area contributed by atoms with Crippen LogP contribution in [0.2, 0.25) is 0 Å². The summed E-state index contributed by atoms with van der Waals surface area (Å²) in [6, 6.07) is 0. The molecule has 13 atom stereocenters. The molecule has 0 aromatic heterocycles. The fraction of sp³-hybridized carbons (Fsp3) is 0.786. The maximum atomic E-state index is 13.3. The van der Waals surface area contributed by atoms with E-state index < -0.39 is 52.9 Å². The third-order valence-corrected chi connectivity index (χ3v) is 17.1. The normalized spacial score (nSPS) is 49.1. The number of ketones is 5. The molecule has 0 unspecified atom stereocenters. The quantitative estimate of drug-likeness (QED) is 0.286. The van der Waals surface area contributed by atoms with E-state index in [4.69, 9.17) is 0 Å². The number of aliphatic hydroxyl groups excluding tert-OH is 3. The summed E-state index contributed by atoms with van der Waals surface area (Å²) in [6.07, 6.45) is 11.6. The monoisotopic (exact) mass is 722 g/mol. The van der Waals surface area contributed by atoms with E-state index in [1.54, 1.807) is 12.2 Å². The Balaban J connectivity index is 0.000000162. The zero-order valence-corrected chi connectivity index (χ0v) is 31.3. The van der Waals surface area contributed by atoms with Gasteiger partial charge in [-0.05, 0) is 123 Å². The molecule has 10 nitrogen and oxygen atoms in total. The standard InChI is InChI=1S/C21H30O5.C21H28O5/c2*1-19-7-5-13(23)9-12(19)3-4-14-15-6-8-21(26,17(25)11-22)20(15,2)10-16(24)18(14)19/h9,14-16,18,22,24,26H,3-8,10-11H2,1-2H3;9,14-15,18,22,26H,3-8,10-11H2,1-2H3/t14-,15-,16-,18+,19-,20-,21-;14-,15-,18+,19-,20-,21-/m00/s1. The van der Waals surface area contributed by atoms with Gasteiger partial charge in [-0.15, -0.1) is 0 Å². The van der Waals surface area contributed by atoms with Crippen molar-refractivity contribution in [2.45, 2.75) is 135 Å². The summed E-state index contributed by atoms with van der Waals surface area (Å²) in [5.41, 5.74) is -2.78. The van der Waals surface area contributed by atoms with E-state index >= 15 is 0 Å². The van der Waals surface area contributed by atoms with Crippen LogP contribution in [0.15, 0.2) is 23.3 Å². The third kappa shape index (κ3) is 5.02. The van der Waals surface area contributed by atoms with Crippen LogP contribution in [-0.4, -0.2) is 85.0 Å². The first-order valence-corrected chi connectivity index (χ1v) is 19.8. The van der Waals surface area contributed by atoms with E-state index in [-0.39, 0.29) is 70.1 Å². The smallest absolute Gasteiger partial charge is 0.190 e. The van der Waals surface area contributed by atoms with Gasteiger partial charge in [0, 0.05) is 36.0 Å². The Labute approximate surface area is 306 Å². The van der Waals surface area contributed by atoms with Crippen molar-refractivity contribution in [2.24, 2.45) is 57.2 Å². The van der Waals surface area contributed by atoms with Gasteiger partial charge in [-0.3, -0.25) is 24.0 Å². The number of carbonyl (C=O) groups excluding carboxylic acids is 5. The maximum Gasteiger partial charge on any atom is 0.190 e. The zero-order chi connectivity index (χ0) is 37.8. The maximum absolute atomic E-state index is 13.3. The molecule has 6 fully saturated rings. The first-order chi connectivity index (χ1) is 24.3. The SMILES string of the molecule is C[C@]12CCC(=O)C=C1CC[C@@H]1[C@@H]2C(=O)C[C@@]2(C)[C@H]1CC[C@]2(O)C(=O)CO.C[C@]12CCC(=O)C=C1CC[C@@H]1[C@@H]2[C@@H](O)C[C@@]2(C)[C@H]1CC[C@]2(O)C(=O)CO. The van der Waals surface area contributed by atoms with Crippen molar-refractivity contribution in [3.8, 4) is 0 Å². The van der Waals surface area contributed by atoms with Crippen molar-refractivity contribution in [1.29, 1.82) is 0 Å². The second-order valence-corrected chi connectivity index (χ2v) is 18.9. The van der Waals surface area contributed by atoms with Crippen molar-refractivity contribution in [3.05, 3.63) is 23.3 Å². The lowest BCUT2D eigenvalue weighted by atomic mass is 9.45. The molecule has 0 aromatic carbocycles. The third-order valence-electron chi connectivity index (χ3n) is 17.1. The Kier molecular flexibility index (Phi) is 9.18. The number of Topliss-reactive ketones (excluding diaryl/α,β-unsaturated/α-hetero) is 3. The second kappa shape index (κ2) is 12.6. The molecule has 10 heteroatoms. The average molecular weight is 723 g/mol. The van der Waals surface area contributed by atoms with Gasteiger partial charge in [0.25, 0.3) is 0 Å². The van der Waals surface area contributed by atoms with Crippen molar-refractivity contribution < 1.29 is 49.5 Å². The predicted octanol–water partition coefficient (Wildman–Crippen LogP) is 3.77. The Hall–Kier alpha value is -2.37. The molecule has 0 aliphatic heterocycles. The number of fused-ring (bicyclic) bond motifs is 10. The lowest BCUT2D eigenvalue weighted by Gasteiger charge is -2.60. The van der Waals surface area contributed by atoms with E-state index in [0.717, 1.165) is 44.1 Å². The van der Waals surface area contributed by atoms with Gasteiger partial charge in [-0.1, -0.05) is 38.8 Å². The van der Waals surface area contributed by atoms with Crippen LogP contribution < -0.4 is 0 Å². The van der Waals surface area contributed by atoms with Crippen molar-refractivity contribution in [3.63, 3.8) is 0 Å². The summed E-state index contributed by atoms with van der Waals surface area (Å²) in [7, 11) is 0. The van der Waals surface area contributed by atoms with E-state index in [9.17, 15) is 49.5 Å². The highest BCUT2D eigenvalue weighted by Gasteiger charge is 2.70. The van der Waals surface area contributed by atoms with Crippen LogP contribution in [0.5, 0.6) is 0 Å². The average Bonchev–Trinajstić information content (AvgIpc) is 3.53. The van der Waals surface area contributed by atoms with E-state index in [2.05, 4.69) is 13.8 Å². The highest BCUT2D eigenvalue weighted by molar-refractivity contribution is 5.95. The molecule has 6 saturated carbocycles. The minimum absolute atomic E-state index is 0.0697. The van der Waals surface area contributed by atoms with Crippen LogP contribution in [0, 0.1) is 57.2 Å². The molecule has 8 rings (SSSR count). The first-order valence-electron chi connectivity index (χ1n) is 19.8. The lowest BCUT2D eigenvalue weighted by Crippen LogP contribution is -2.62. The van der Waals surface area contributed by atoms with Crippen molar-refractivity contribution in [2.75, 3.05) is 13.2 Å². The Morgan fingerprint density at radius 1 is 0.673 bits per heavy atom. The molecule has 5 N–H and O–H groups in total. The summed E-state index contributed by atoms with van der Waals surface area (Å²) in [6.45, 7) is 6.76. The van der Waals surface area contributed by atoms with Gasteiger partial charge in [0.1, 0.15) is 30.2 Å². The summed E-state index contributed by atoms with van der Waals surface area (Å²) >= 11 is 0. The minimum Gasteiger partial charge on any atom is -0.393 e. The molecule has 0 radical (unpaired) electrons. The van der Waals surface area contributed by atoms with Crippen LogP contribution in [-0.2, 0) is 24.0 Å². The van der Waals surface area contributed by atoms with Crippen LogP contribution in [0.25, 0.3) is 0 Å². The number of hydrogen-bond acceptors (Lipinski definition) is 10. The molecule has 0 saturated heterocycles. The Morgan fingerprint density at radius 3 is 1.71 bits per heavy atom. The Morgan fingerprint density at radius 2 is 1.15 bits per heavy atom. The highest BCUT2D eigenvalue weighted by atomic mass is 16.3. The number of aliphatic hydroxyl groups is 5. The van der Waals surface area contributed by atoms with Gasteiger partial charge >= 0.3 is 0 Å². The largest absolute Gasteiger partial charge is 0.393 e. The van der Waals surface area contributed by atoms with Gasteiger partial charge in [0.2, 0.25) is 0 Å².